The maximum absolute atomic E-state index is 9.09. The molecule has 0 saturated heterocycles. The minimum atomic E-state index is -1.44. The fraction of sp³-hybridized carbons (Fsp3) is 0. The van der Waals surface area contributed by atoms with E-state index >= 15 is 0 Å². The van der Waals surface area contributed by atoms with Gasteiger partial charge in [-0.3, -0.25) is 9.97 Å². The molecule has 0 bridgehead atoms. The first-order valence-electron chi connectivity index (χ1n) is 5.92. The number of hydrogen-bond donors (Lipinski definition) is 2. The van der Waals surface area contributed by atoms with Crippen molar-refractivity contribution in [3.63, 3.8) is 0 Å². The molecule has 2 aromatic carbocycles. The van der Waals surface area contributed by atoms with E-state index in [9.17, 15) is 0 Å². The fourth-order valence-electron chi connectivity index (χ4n) is 2.06. The van der Waals surface area contributed by atoms with Crippen LogP contribution < -0.4 is 5.46 Å². The Balaban J connectivity index is 2.14. The van der Waals surface area contributed by atoms with E-state index in [1.165, 1.54) is 0 Å². The second-order valence-corrected chi connectivity index (χ2v) is 4.23. The van der Waals surface area contributed by atoms with Gasteiger partial charge in [-0.1, -0.05) is 36.4 Å². The van der Waals surface area contributed by atoms with Crippen molar-refractivity contribution in [2.24, 2.45) is 0 Å². The van der Waals surface area contributed by atoms with Crippen LogP contribution in [0, 0.1) is 0 Å². The van der Waals surface area contributed by atoms with Crippen molar-refractivity contribution in [2.45, 2.75) is 0 Å². The molecule has 0 amide bonds. The molecule has 0 aliphatic rings. The van der Waals surface area contributed by atoms with Gasteiger partial charge in [-0.05, 0) is 17.1 Å². The number of aromatic nitrogens is 2. The summed E-state index contributed by atoms with van der Waals surface area (Å²) in [5.74, 6) is 0. The number of benzene rings is 2. The van der Waals surface area contributed by atoms with Crippen LogP contribution in [0.2, 0.25) is 0 Å². The van der Waals surface area contributed by atoms with Gasteiger partial charge in [-0.2, -0.15) is 0 Å². The summed E-state index contributed by atoms with van der Waals surface area (Å²) in [6.07, 6.45) is 3.33. The number of para-hydroxylation sites is 1. The predicted octanol–water partition coefficient (Wildman–Crippen LogP) is 0.977. The summed E-state index contributed by atoms with van der Waals surface area (Å²) in [4.78, 5) is 8.62. The van der Waals surface area contributed by atoms with Gasteiger partial charge in [-0.15, -0.1) is 0 Å². The molecule has 3 rings (SSSR count). The summed E-state index contributed by atoms with van der Waals surface area (Å²) in [5.41, 5.74) is 4.09. The molecule has 19 heavy (non-hydrogen) atoms. The first-order valence-corrected chi connectivity index (χ1v) is 5.92. The molecule has 0 aliphatic carbocycles. The van der Waals surface area contributed by atoms with Crippen molar-refractivity contribution in [1.29, 1.82) is 0 Å². The monoisotopic (exact) mass is 250 g/mol. The topological polar surface area (TPSA) is 66.2 Å². The van der Waals surface area contributed by atoms with Crippen molar-refractivity contribution < 1.29 is 10.0 Å². The number of hydrogen-bond acceptors (Lipinski definition) is 4. The lowest BCUT2D eigenvalue weighted by molar-refractivity contribution is 0.426. The zero-order chi connectivity index (χ0) is 13.2. The Morgan fingerprint density at radius 2 is 1.58 bits per heavy atom. The minimum Gasteiger partial charge on any atom is -0.423 e. The maximum atomic E-state index is 9.09. The fourth-order valence-corrected chi connectivity index (χ4v) is 2.06. The minimum absolute atomic E-state index is 0.468. The highest BCUT2D eigenvalue weighted by molar-refractivity contribution is 6.58. The standard InChI is InChI=1S/C14H11BN2O2/c18-15(19)11-6-4-10(5-7-11)12-2-1-3-13-14(12)17-9-8-16-13/h1-9,18-19H. The van der Waals surface area contributed by atoms with Gasteiger partial charge in [0, 0.05) is 18.0 Å². The molecule has 0 fully saturated rings. The lowest BCUT2D eigenvalue weighted by Crippen LogP contribution is -2.29. The highest BCUT2D eigenvalue weighted by Crippen LogP contribution is 2.25. The third-order valence-electron chi connectivity index (χ3n) is 3.02. The van der Waals surface area contributed by atoms with Crippen LogP contribution >= 0.6 is 0 Å². The molecule has 0 radical (unpaired) electrons. The van der Waals surface area contributed by atoms with Crippen LogP contribution in [0.25, 0.3) is 22.2 Å². The lowest BCUT2D eigenvalue weighted by Gasteiger charge is -2.06. The zero-order valence-corrected chi connectivity index (χ0v) is 10.1. The van der Waals surface area contributed by atoms with E-state index < -0.39 is 7.12 Å². The summed E-state index contributed by atoms with van der Waals surface area (Å²) in [6, 6.07) is 12.9. The molecule has 3 aromatic rings. The Morgan fingerprint density at radius 1 is 0.842 bits per heavy atom. The average molecular weight is 250 g/mol. The van der Waals surface area contributed by atoms with Gasteiger partial charge in [0.2, 0.25) is 0 Å². The van der Waals surface area contributed by atoms with Crippen molar-refractivity contribution in [3.05, 3.63) is 54.9 Å². The van der Waals surface area contributed by atoms with E-state index in [-0.39, 0.29) is 0 Å². The summed E-state index contributed by atoms with van der Waals surface area (Å²) < 4.78 is 0. The second-order valence-electron chi connectivity index (χ2n) is 4.23. The highest BCUT2D eigenvalue weighted by Gasteiger charge is 2.11. The average Bonchev–Trinajstić information content (AvgIpc) is 2.47. The summed E-state index contributed by atoms with van der Waals surface area (Å²) >= 11 is 0. The van der Waals surface area contributed by atoms with Gasteiger partial charge < -0.3 is 10.0 Å². The van der Waals surface area contributed by atoms with Crippen LogP contribution in [-0.2, 0) is 0 Å². The van der Waals surface area contributed by atoms with Crippen LogP contribution in [0.5, 0.6) is 0 Å². The first kappa shape index (κ1) is 11.8. The van der Waals surface area contributed by atoms with Crippen LogP contribution in [0.4, 0.5) is 0 Å². The molecule has 0 spiro atoms. The van der Waals surface area contributed by atoms with Crippen LogP contribution in [-0.4, -0.2) is 27.1 Å². The van der Waals surface area contributed by atoms with Crippen LogP contribution in [0.15, 0.2) is 54.9 Å². The summed E-state index contributed by atoms with van der Waals surface area (Å²) in [7, 11) is -1.44. The molecule has 0 atom stereocenters. The Labute approximate surface area is 110 Å². The van der Waals surface area contributed by atoms with Crippen molar-refractivity contribution in [3.8, 4) is 11.1 Å². The van der Waals surface area contributed by atoms with Gasteiger partial charge >= 0.3 is 7.12 Å². The van der Waals surface area contributed by atoms with Crippen LogP contribution in [0.1, 0.15) is 0 Å². The van der Waals surface area contributed by atoms with Crippen LogP contribution in [0.3, 0.4) is 0 Å². The molecule has 92 valence electrons. The largest absolute Gasteiger partial charge is 0.488 e. The van der Waals surface area contributed by atoms with E-state index in [2.05, 4.69) is 9.97 Å². The SMILES string of the molecule is OB(O)c1ccc(-c2cccc3nccnc23)cc1. The Kier molecular flexibility index (Phi) is 2.99. The van der Waals surface area contributed by atoms with Gasteiger partial charge in [0.15, 0.2) is 0 Å². The normalized spacial score (nSPS) is 10.6. The molecular formula is C14H11BN2O2. The van der Waals surface area contributed by atoms with Crippen molar-refractivity contribution >= 4 is 23.6 Å². The first-order chi connectivity index (χ1) is 9.25. The molecule has 0 saturated carbocycles. The summed E-state index contributed by atoms with van der Waals surface area (Å²) in [6.45, 7) is 0. The van der Waals surface area contributed by atoms with Crippen molar-refractivity contribution in [2.75, 3.05) is 0 Å². The maximum Gasteiger partial charge on any atom is 0.488 e. The third-order valence-corrected chi connectivity index (χ3v) is 3.02. The molecule has 2 N–H and O–H groups in total. The lowest BCUT2D eigenvalue weighted by atomic mass is 9.80. The second kappa shape index (κ2) is 4.80. The molecule has 1 heterocycles. The number of rotatable bonds is 2. The zero-order valence-electron chi connectivity index (χ0n) is 10.1. The molecule has 5 heteroatoms. The number of fused-ring (bicyclic) bond motifs is 1. The van der Waals surface area contributed by atoms with E-state index in [1.807, 2.05) is 30.3 Å². The smallest absolute Gasteiger partial charge is 0.423 e. The van der Waals surface area contributed by atoms with Gasteiger partial charge in [-0.25, -0.2) is 0 Å². The quantitative estimate of drug-likeness (QED) is 0.665. The molecule has 0 aliphatic heterocycles. The van der Waals surface area contributed by atoms with E-state index in [1.54, 1.807) is 24.5 Å². The van der Waals surface area contributed by atoms with Gasteiger partial charge in [0.05, 0.1) is 11.0 Å². The summed E-state index contributed by atoms with van der Waals surface area (Å²) in [5, 5.41) is 18.2. The van der Waals surface area contributed by atoms with Crippen molar-refractivity contribution in [1.82, 2.24) is 9.97 Å². The molecule has 1 aromatic heterocycles. The third kappa shape index (κ3) is 2.21. The van der Waals surface area contributed by atoms with Gasteiger partial charge in [0.25, 0.3) is 0 Å². The highest BCUT2D eigenvalue weighted by atomic mass is 16.4. The van der Waals surface area contributed by atoms with Gasteiger partial charge in [0.1, 0.15) is 0 Å². The Bertz CT molecular complexity index is 709. The van der Waals surface area contributed by atoms with E-state index in [0.29, 0.717) is 5.46 Å². The molecular weight excluding hydrogens is 239 g/mol. The predicted molar refractivity (Wildman–Crippen MR) is 74.8 cm³/mol. The molecule has 4 nitrogen and oxygen atoms in total. The Hall–Kier alpha value is -2.24. The van der Waals surface area contributed by atoms with E-state index in [4.69, 9.17) is 10.0 Å². The molecule has 0 unspecified atom stereocenters. The Morgan fingerprint density at radius 3 is 2.32 bits per heavy atom. The number of nitrogens with zero attached hydrogens (tertiary/aromatic N) is 2. The van der Waals surface area contributed by atoms with E-state index in [0.717, 1.165) is 22.2 Å².